The van der Waals surface area contributed by atoms with Crippen molar-refractivity contribution in [2.75, 3.05) is 13.2 Å². The molecule has 23 heavy (non-hydrogen) atoms. The molecule has 6 nitrogen and oxygen atoms in total. The lowest BCUT2D eigenvalue weighted by atomic mass is 9.81. The number of nitrogens with one attached hydrogen (secondary N) is 1. The van der Waals surface area contributed by atoms with Crippen molar-refractivity contribution >= 4 is 23.5 Å². The first kappa shape index (κ1) is 15.6. The normalized spacial score (nSPS) is 20.1. The van der Waals surface area contributed by atoms with Gasteiger partial charge in [-0.05, 0) is 19.9 Å². The summed E-state index contributed by atoms with van der Waals surface area (Å²) in [4.78, 5) is 28.7. The Morgan fingerprint density at radius 3 is 3.04 bits per heavy atom. The van der Waals surface area contributed by atoms with Crippen LogP contribution in [0.1, 0.15) is 25.3 Å². The first-order valence-electron chi connectivity index (χ1n) is 7.20. The van der Waals surface area contributed by atoms with Crippen molar-refractivity contribution in [3.05, 3.63) is 51.6 Å². The number of hydrogen-bond acceptors (Lipinski definition) is 6. The quantitative estimate of drug-likeness (QED) is 0.673. The van der Waals surface area contributed by atoms with Crippen LogP contribution in [-0.2, 0) is 19.1 Å². The monoisotopic (exact) mass is 334 g/mol. The average Bonchev–Trinajstić information content (AvgIpc) is 2.87. The predicted molar refractivity (Wildman–Crippen MR) is 82.4 cm³/mol. The van der Waals surface area contributed by atoms with E-state index in [1.165, 1.54) is 0 Å². The maximum atomic E-state index is 12.4. The number of ether oxygens (including phenoxy) is 2. The molecule has 1 unspecified atom stereocenters. The highest BCUT2D eigenvalue weighted by Crippen LogP contribution is 2.42. The SMILES string of the molecule is CCOC(=O)C1=C(C)NC2=C(C(=O)OC2)C1c1cccnc1Cl. The van der Waals surface area contributed by atoms with Crippen molar-refractivity contribution in [3.63, 3.8) is 0 Å². The van der Waals surface area contributed by atoms with Gasteiger partial charge in [0, 0.05) is 17.5 Å². The second-order valence-corrected chi connectivity index (χ2v) is 5.53. The van der Waals surface area contributed by atoms with E-state index in [1.54, 1.807) is 32.2 Å². The van der Waals surface area contributed by atoms with Gasteiger partial charge in [-0.25, -0.2) is 14.6 Å². The number of aromatic nitrogens is 1. The summed E-state index contributed by atoms with van der Waals surface area (Å²) < 4.78 is 10.3. The van der Waals surface area contributed by atoms with Crippen LogP contribution in [0.5, 0.6) is 0 Å². The number of rotatable bonds is 3. The van der Waals surface area contributed by atoms with Gasteiger partial charge in [0.1, 0.15) is 11.8 Å². The predicted octanol–water partition coefficient (Wildman–Crippen LogP) is 2.07. The highest BCUT2D eigenvalue weighted by Gasteiger charge is 2.42. The summed E-state index contributed by atoms with van der Waals surface area (Å²) in [5.41, 5.74) is 2.56. The molecule has 0 saturated heterocycles. The molecule has 2 aliphatic heterocycles. The van der Waals surface area contributed by atoms with Gasteiger partial charge < -0.3 is 14.8 Å². The van der Waals surface area contributed by atoms with Gasteiger partial charge in [0.2, 0.25) is 0 Å². The largest absolute Gasteiger partial charge is 0.463 e. The number of carbonyl (C=O) groups excluding carboxylic acids is 2. The Kier molecular flexibility index (Phi) is 4.09. The minimum absolute atomic E-state index is 0.149. The number of hydrogen-bond donors (Lipinski definition) is 1. The summed E-state index contributed by atoms with van der Waals surface area (Å²) in [5.74, 6) is -1.61. The molecule has 1 atom stereocenters. The second-order valence-electron chi connectivity index (χ2n) is 5.17. The summed E-state index contributed by atoms with van der Waals surface area (Å²) in [6.45, 7) is 3.87. The van der Waals surface area contributed by atoms with Crippen molar-refractivity contribution in [3.8, 4) is 0 Å². The van der Waals surface area contributed by atoms with E-state index < -0.39 is 17.9 Å². The summed E-state index contributed by atoms with van der Waals surface area (Å²) in [6.07, 6.45) is 1.55. The summed E-state index contributed by atoms with van der Waals surface area (Å²) in [5, 5.41) is 3.30. The van der Waals surface area contributed by atoms with E-state index in [9.17, 15) is 9.59 Å². The van der Waals surface area contributed by atoms with Gasteiger partial charge in [0.05, 0.1) is 29.4 Å². The Morgan fingerprint density at radius 2 is 2.35 bits per heavy atom. The van der Waals surface area contributed by atoms with E-state index in [4.69, 9.17) is 21.1 Å². The van der Waals surface area contributed by atoms with Gasteiger partial charge >= 0.3 is 11.9 Å². The van der Waals surface area contributed by atoms with Crippen molar-refractivity contribution in [2.24, 2.45) is 0 Å². The van der Waals surface area contributed by atoms with Crippen LogP contribution in [0.3, 0.4) is 0 Å². The number of pyridine rings is 1. The van der Waals surface area contributed by atoms with E-state index in [0.717, 1.165) is 0 Å². The molecule has 0 aromatic carbocycles. The van der Waals surface area contributed by atoms with Crippen LogP contribution in [0.15, 0.2) is 40.9 Å². The van der Waals surface area contributed by atoms with Gasteiger partial charge in [-0.3, -0.25) is 0 Å². The molecule has 0 fully saturated rings. The zero-order chi connectivity index (χ0) is 16.6. The second kappa shape index (κ2) is 6.04. The number of halogens is 1. The molecule has 120 valence electrons. The van der Waals surface area contributed by atoms with Crippen LogP contribution in [0.2, 0.25) is 5.15 Å². The fourth-order valence-electron chi connectivity index (χ4n) is 2.87. The first-order valence-corrected chi connectivity index (χ1v) is 7.57. The van der Waals surface area contributed by atoms with E-state index in [2.05, 4.69) is 10.3 Å². The third-order valence-electron chi connectivity index (χ3n) is 3.81. The van der Waals surface area contributed by atoms with Crippen molar-refractivity contribution in [2.45, 2.75) is 19.8 Å². The fourth-order valence-corrected chi connectivity index (χ4v) is 3.10. The van der Waals surface area contributed by atoms with Gasteiger partial charge in [0.15, 0.2) is 0 Å². The van der Waals surface area contributed by atoms with Gasteiger partial charge in [-0.2, -0.15) is 0 Å². The Labute approximate surface area is 138 Å². The topological polar surface area (TPSA) is 77.5 Å². The summed E-state index contributed by atoms with van der Waals surface area (Å²) in [7, 11) is 0. The van der Waals surface area contributed by atoms with Crippen LogP contribution in [-0.4, -0.2) is 30.1 Å². The lowest BCUT2D eigenvalue weighted by Crippen LogP contribution is -2.30. The third-order valence-corrected chi connectivity index (χ3v) is 4.12. The van der Waals surface area contributed by atoms with Crippen molar-refractivity contribution in [1.29, 1.82) is 0 Å². The van der Waals surface area contributed by atoms with Crippen LogP contribution in [0.25, 0.3) is 0 Å². The molecule has 1 N–H and O–H groups in total. The molecule has 0 spiro atoms. The lowest BCUT2D eigenvalue weighted by Gasteiger charge is -2.27. The van der Waals surface area contributed by atoms with Gasteiger partial charge in [-0.15, -0.1) is 0 Å². The molecule has 7 heteroatoms. The molecule has 1 aromatic rings. The van der Waals surface area contributed by atoms with E-state index in [-0.39, 0.29) is 18.4 Å². The van der Waals surface area contributed by atoms with Crippen molar-refractivity contribution in [1.82, 2.24) is 10.3 Å². The minimum atomic E-state index is -0.651. The highest BCUT2D eigenvalue weighted by molar-refractivity contribution is 6.30. The molecule has 0 amide bonds. The van der Waals surface area contributed by atoms with Gasteiger partial charge in [-0.1, -0.05) is 17.7 Å². The van der Waals surface area contributed by atoms with Crippen LogP contribution in [0.4, 0.5) is 0 Å². The summed E-state index contributed by atoms with van der Waals surface area (Å²) in [6, 6.07) is 3.45. The highest BCUT2D eigenvalue weighted by atomic mass is 35.5. The maximum Gasteiger partial charge on any atom is 0.337 e. The number of carbonyl (C=O) groups is 2. The van der Waals surface area contributed by atoms with Crippen LogP contribution < -0.4 is 5.32 Å². The van der Waals surface area contributed by atoms with Crippen molar-refractivity contribution < 1.29 is 19.1 Å². The van der Waals surface area contributed by atoms with Gasteiger partial charge in [0.25, 0.3) is 0 Å². The molecular formula is C16H15ClN2O4. The Bertz CT molecular complexity index is 754. The van der Waals surface area contributed by atoms with E-state index in [0.29, 0.717) is 28.1 Å². The number of allylic oxidation sites excluding steroid dienone is 1. The molecular weight excluding hydrogens is 320 g/mol. The number of nitrogens with zero attached hydrogens (tertiary/aromatic N) is 1. The average molecular weight is 335 g/mol. The van der Waals surface area contributed by atoms with E-state index >= 15 is 0 Å². The number of dihydropyridines is 1. The standard InChI is InChI=1S/C16H15ClN2O4/c1-3-22-15(20)11-8(2)19-10-7-23-16(21)13(10)12(11)9-5-4-6-18-14(9)17/h4-6,12,19H,3,7H2,1-2H3. The molecule has 3 rings (SSSR count). The molecule has 1 aromatic heterocycles. The molecule has 2 aliphatic rings. The molecule has 3 heterocycles. The minimum Gasteiger partial charge on any atom is -0.463 e. The first-order chi connectivity index (χ1) is 11.0. The molecule has 0 radical (unpaired) electrons. The van der Waals surface area contributed by atoms with E-state index in [1.807, 2.05) is 0 Å². The smallest absolute Gasteiger partial charge is 0.337 e. The Hall–Kier alpha value is -2.34. The third kappa shape index (κ3) is 2.59. The number of cyclic esters (lactones) is 1. The maximum absolute atomic E-state index is 12.4. The van der Waals surface area contributed by atoms with Crippen LogP contribution in [0, 0.1) is 0 Å². The Morgan fingerprint density at radius 1 is 1.57 bits per heavy atom. The zero-order valence-corrected chi connectivity index (χ0v) is 13.4. The number of esters is 2. The molecule has 0 saturated carbocycles. The molecule has 0 aliphatic carbocycles. The fraction of sp³-hybridized carbons (Fsp3) is 0.312. The lowest BCUT2D eigenvalue weighted by molar-refractivity contribution is -0.138. The molecule has 0 bridgehead atoms. The Balaban J connectivity index is 2.18. The van der Waals surface area contributed by atoms with Crippen LogP contribution >= 0.6 is 11.6 Å². The zero-order valence-electron chi connectivity index (χ0n) is 12.7. The summed E-state index contributed by atoms with van der Waals surface area (Å²) >= 11 is 6.21.